The molecule has 0 atom stereocenters. The van der Waals surface area contributed by atoms with E-state index in [0.29, 0.717) is 41.5 Å². The van der Waals surface area contributed by atoms with E-state index < -0.39 is 0 Å². The van der Waals surface area contributed by atoms with Crippen LogP contribution in [0.1, 0.15) is 15.9 Å². The molecule has 1 amide bonds. The maximum Gasteiger partial charge on any atom is 0.255 e. The van der Waals surface area contributed by atoms with Gasteiger partial charge in [0.1, 0.15) is 0 Å². The van der Waals surface area contributed by atoms with Gasteiger partial charge in [0.25, 0.3) is 5.91 Å². The first-order valence-corrected chi connectivity index (χ1v) is 9.48. The van der Waals surface area contributed by atoms with Gasteiger partial charge >= 0.3 is 0 Å². The summed E-state index contributed by atoms with van der Waals surface area (Å²) in [5, 5.41) is 0.812. The number of rotatable bonds is 8. The van der Waals surface area contributed by atoms with Crippen LogP contribution in [0, 0.1) is 0 Å². The van der Waals surface area contributed by atoms with Gasteiger partial charge in [0, 0.05) is 31.2 Å². The normalized spacial score (nSPS) is 10.6. The number of carbonyl (C=O) groups excluding carboxylic acids is 1. The van der Waals surface area contributed by atoms with Crippen molar-refractivity contribution in [2.24, 2.45) is 0 Å². The maximum atomic E-state index is 12.9. The van der Waals surface area contributed by atoms with Gasteiger partial charge in [-0.05, 0) is 36.2 Å². The zero-order valence-electron chi connectivity index (χ0n) is 17.9. The van der Waals surface area contributed by atoms with Crippen molar-refractivity contribution < 1.29 is 23.7 Å². The third-order valence-corrected chi connectivity index (χ3v) is 4.96. The smallest absolute Gasteiger partial charge is 0.255 e. The first kappa shape index (κ1) is 21.2. The minimum Gasteiger partial charge on any atom is -0.493 e. The van der Waals surface area contributed by atoms with Crippen molar-refractivity contribution in [1.29, 1.82) is 0 Å². The van der Waals surface area contributed by atoms with Crippen molar-refractivity contribution in [1.82, 2.24) is 9.88 Å². The highest BCUT2D eigenvalue weighted by Gasteiger charge is 2.15. The van der Waals surface area contributed by atoms with E-state index in [1.54, 1.807) is 52.6 Å². The van der Waals surface area contributed by atoms with Crippen LogP contribution in [0.25, 0.3) is 10.9 Å². The van der Waals surface area contributed by atoms with Crippen molar-refractivity contribution >= 4 is 16.8 Å². The Kier molecular flexibility index (Phi) is 6.61. The predicted octanol–water partition coefficient (Wildman–Crippen LogP) is 3.58. The molecule has 0 spiro atoms. The van der Waals surface area contributed by atoms with Crippen molar-refractivity contribution in [3.63, 3.8) is 0 Å². The van der Waals surface area contributed by atoms with Gasteiger partial charge in [-0.1, -0.05) is 6.07 Å². The lowest BCUT2D eigenvalue weighted by molar-refractivity contribution is 0.0796. The molecule has 7 heteroatoms. The van der Waals surface area contributed by atoms with Crippen LogP contribution < -0.4 is 18.9 Å². The summed E-state index contributed by atoms with van der Waals surface area (Å²) in [7, 11) is 8.15. The average Bonchev–Trinajstić information content (AvgIpc) is 2.80. The molecule has 0 aliphatic rings. The second-order valence-corrected chi connectivity index (χ2v) is 6.79. The van der Waals surface area contributed by atoms with Crippen LogP contribution in [0.4, 0.5) is 0 Å². The van der Waals surface area contributed by atoms with Gasteiger partial charge in [0.05, 0.1) is 39.5 Å². The Hall–Kier alpha value is -3.48. The first-order chi connectivity index (χ1) is 14.5. The largest absolute Gasteiger partial charge is 0.493 e. The Morgan fingerprint density at radius 1 is 0.867 bits per heavy atom. The number of methoxy groups -OCH3 is 4. The number of amides is 1. The van der Waals surface area contributed by atoms with E-state index in [4.69, 9.17) is 18.9 Å². The summed E-state index contributed by atoms with van der Waals surface area (Å²) in [6.45, 7) is 0.554. The van der Waals surface area contributed by atoms with Gasteiger partial charge in [-0.3, -0.25) is 9.78 Å². The van der Waals surface area contributed by atoms with Gasteiger partial charge in [0.15, 0.2) is 23.0 Å². The fraction of sp³-hybridized carbons (Fsp3) is 0.304. The molecule has 3 rings (SSSR count). The molecule has 2 aromatic carbocycles. The molecule has 0 radical (unpaired) electrons. The minimum atomic E-state index is -0.0975. The number of pyridine rings is 1. The molecule has 0 aliphatic heterocycles. The van der Waals surface area contributed by atoms with E-state index in [1.165, 1.54) is 0 Å². The van der Waals surface area contributed by atoms with Crippen LogP contribution in [-0.4, -0.2) is 57.8 Å². The summed E-state index contributed by atoms with van der Waals surface area (Å²) in [6, 6.07) is 11.2. The molecule has 0 unspecified atom stereocenters. The molecule has 0 saturated carbocycles. The molecule has 7 nitrogen and oxygen atoms in total. The molecule has 0 bridgehead atoms. The van der Waals surface area contributed by atoms with Crippen molar-refractivity contribution in [3.05, 3.63) is 53.7 Å². The summed E-state index contributed by atoms with van der Waals surface area (Å²) in [4.78, 5) is 19.0. The zero-order chi connectivity index (χ0) is 21.7. The fourth-order valence-corrected chi connectivity index (χ4v) is 3.23. The van der Waals surface area contributed by atoms with Gasteiger partial charge in [-0.2, -0.15) is 0 Å². The highest BCUT2D eigenvalue weighted by Crippen LogP contribution is 2.31. The molecule has 3 aromatic rings. The van der Waals surface area contributed by atoms with Gasteiger partial charge in [-0.15, -0.1) is 0 Å². The highest BCUT2D eigenvalue weighted by molar-refractivity contribution is 5.97. The lowest BCUT2D eigenvalue weighted by Crippen LogP contribution is -2.29. The van der Waals surface area contributed by atoms with E-state index in [1.807, 2.05) is 30.3 Å². The first-order valence-electron chi connectivity index (χ1n) is 9.48. The summed E-state index contributed by atoms with van der Waals surface area (Å²) in [5.74, 6) is 2.45. The molecule has 0 N–H and O–H groups in total. The van der Waals surface area contributed by atoms with E-state index in [-0.39, 0.29) is 5.91 Å². The number of nitrogens with zero attached hydrogens (tertiary/aromatic N) is 2. The predicted molar refractivity (Wildman–Crippen MR) is 115 cm³/mol. The number of benzene rings is 2. The number of fused-ring (bicyclic) bond motifs is 1. The van der Waals surface area contributed by atoms with Crippen LogP contribution in [0.15, 0.2) is 42.6 Å². The Labute approximate surface area is 176 Å². The second-order valence-electron chi connectivity index (χ2n) is 6.79. The third kappa shape index (κ3) is 4.40. The Balaban J connectivity index is 1.74. The molecule has 1 heterocycles. The topological polar surface area (TPSA) is 70.1 Å². The Morgan fingerprint density at radius 3 is 2.17 bits per heavy atom. The number of aromatic nitrogens is 1. The standard InChI is InChI=1S/C23H26N2O5/c1-25(9-8-15-6-7-19(27-2)20(10-15)28-3)23(26)17-11-16-12-21(29-4)22(30-5)13-18(16)24-14-17/h6-7,10-14H,8-9H2,1-5H3. The Morgan fingerprint density at radius 2 is 1.50 bits per heavy atom. The number of carbonyl (C=O) groups is 1. The molecule has 0 saturated heterocycles. The number of hydrogen-bond acceptors (Lipinski definition) is 6. The lowest BCUT2D eigenvalue weighted by atomic mass is 10.1. The van der Waals surface area contributed by atoms with Gasteiger partial charge < -0.3 is 23.8 Å². The van der Waals surface area contributed by atoms with Crippen LogP contribution in [0.5, 0.6) is 23.0 Å². The molecule has 1 aromatic heterocycles. The van der Waals surface area contributed by atoms with E-state index in [0.717, 1.165) is 16.5 Å². The maximum absolute atomic E-state index is 12.9. The molecular weight excluding hydrogens is 384 g/mol. The van der Waals surface area contributed by atoms with Crippen LogP contribution in [0.3, 0.4) is 0 Å². The van der Waals surface area contributed by atoms with Crippen molar-refractivity contribution in [2.45, 2.75) is 6.42 Å². The molecule has 158 valence electrons. The molecular formula is C23H26N2O5. The average molecular weight is 410 g/mol. The lowest BCUT2D eigenvalue weighted by Gasteiger charge is -2.18. The monoisotopic (exact) mass is 410 g/mol. The third-order valence-electron chi connectivity index (χ3n) is 4.96. The molecule has 0 aliphatic carbocycles. The Bertz CT molecular complexity index is 1050. The van der Waals surface area contributed by atoms with Crippen LogP contribution in [0.2, 0.25) is 0 Å². The highest BCUT2D eigenvalue weighted by atomic mass is 16.5. The minimum absolute atomic E-state index is 0.0975. The van der Waals surface area contributed by atoms with E-state index in [2.05, 4.69) is 4.98 Å². The van der Waals surface area contributed by atoms with E-state index >= 15 is 0 Å². The summed E-state index contributed by atoms with van der Waals surface area (Å²) < 4.78 is 21.3. The summed E-state index contributed by atoms with van der Waals surface area (Å²) >= 11 is 0. The second kappa shape index (κ2) is 9.35. The molecule has 30 heavy (non-hydrogen) atoms. The zero-order valence-corrected chi connectivity index (χ0v) is 17.9. The summed E-state index contributed by atoms with van der Waals surface area (Å²) in [5.41, 5.74) is 2.31. The van der Waals surface area contributed by atoms with Crippen molar-refractivity contribution in [3.8, 4) is 23.0 Å². The SMILES string of the molecule is COc1ccc(CCN(C)C(=O)c2cnc3cc(OC)c(OC)cc3c2)cc1OC. The molecule has 0 fully saturated rings. The van der Waals surface area contributed by atoms with Crippen molar-refractivity contribution in [2.75, 3.05) is 42.0 Å². The van der Waals surface area contributed by atoms with E-state index in [9.17, 15) is 4.79 Å². The van der Waals surface area contributed by atoms with Gasteiger partial charge in [-0.25, -0.2) is 0 Å². The number of hydrogen-bond donors (Lipinski definition) is 0. The quantitative estimate of drug-likeness (QED) is 0.565. The number of likely N-dealkylation sites (N-methyl/N-ethyl adjacent to an activating group) is 1. The van der Waals surface area contributed by atoms with Gasteiger partial charge in [0.2, 0.25) is 0 Å². The number of ether oxygens (including phenoxy) is 4. The van der Waals surface area contributed by atoms with Crippen LogP contribution in [-0.2, 0) is 6.42 Å². The summed E-state index contributed by atoms with van der Waals surface area (Å²) in [6.07, 6.45) is 2.28. The van der Waals surface area contributed by atoms with Crippen LogP contribution >= 0.6 is 0 Å². The fourth-order valence-electron chi connectivity index (χ4n) is 3.23.